The van der Waals surface area contributed by atoms with Gasteiger partial charge < -0.3 is 14.7 Å². The summed E-state index contributed by atoms with van der Waals surface area (Å²) in [4.78, 5) is 12.7. The van der Waals surface area contributed by atoms with Crippen molar-refractivity contribution in [2.45, 2.75) is 13.0 Å². The fourth-order valence-corrected chi connectivity index (χ4v) is 1.70. The molecule has 0 fully saturated rings. The molecule has 1 unspecified atom stereocenters. The molecule has 0 amide bonds. The van der Waals surface area contributed by atoms with Crippen molar-refractivity contribution in [3.8, 4) is 5.75 Å². The van der Waals surface area contributed by atoms with Crippen LogP contribution in [0.1, 0.15) is 5.56 Å². The van der Waals surface area contributed by atoms with E-state index in [0.717, 1.165) is 11.3 Å². The Balaban J connectivity index is 2.37. The van der Waals surface area contributed by atoms with Crippen LogP contribution in [0.5, 0.6) is 5.75 Å². The van der Waals surface area contributed by atoms with Crippen LogP contribution < -0.4 is 9.64 Å². The summed E-state index contributed by atoms with van der Waals surface area (Å²) in [5, 5.41) is 8.90. The highest BCUT2D eigenvalue weighted by Gasteiger charge is 2.28. The Hall–Kier alpha value is -1.71. The second-order valence-corrected chi connectivity index (χ2v) is 3.80. The van der Waals surface area contributed by atoms with E-state index in [1.54, 1.807) is 0 Å². The number of fused-ring (bicyclic) bond motifs is 1. The SMILES string of the molecule is Cc1ccc2c(c1)OC(C(=O)O)CN2C. The van der Waals surface area contributed by atoms with Gasteiger partial charge in [0.05, 0.1) is 12.2 Å². The molecular formula is C11H13NO3. The molecule has 15 heavy (non-hydrogen) atoms. The minimum Gasteiger partial charge on any atom is -0.478 e. The van der Waals surface area contributed by atoms with Crippen LogP contribution in [0.3, 0.4) is 0 Å². The predicted octanol–water partition coefficient (Wildman–Crippen LogP) is 1.28. The van der Waals surface area contributed by atoms with E-state index in [9.17, 15) is 4.79 Å². The molecule has 0 saturated heterocycles. The van der Waals surface area contributed by atoms with Gasteiger partial charge >= 0.3 is 5.97 Å². The minimum absolute atomic E-state index is 0.380. The van der Waals surface area contributed by atoms with Crippen LogP contribution in [0.2, 0.25) is 0 Å². The number of rotatable bonds is 1. The van der Waals surface area contributed by atoms with Crippen LogP contribution in [-0.2, 0) is 4.79 Å². The van der Waals surface area contributed by atoms with Gasteiger partial charge in [-0.1, -0.05) is 6.07 Å². The molecule has 0 bridgehead atoms. The van der Waals surface area contributed by atoms with Crippen LogP contribution in [0.15, 0.2) is 18.2 Å². The lowest BCUT2D eigenvalue weighted by atomic mass is 10.1. The number of carbonyl (C=O) groups is 1. The summed E-state index contributed by atoms with van der Waals surface area (Å²) < 4.78 is 5.40. The molecular weight excluding hydrogens is 194 g/mol. The fraction of sp³-hybridized carbons (Fsp3) is 0.364. The van der Waals surface area contributed by atoms with Gasteiger partial charge in [0.15, 0.2) is 0 Å². The third kappa shape index (κ3) is 1.75. The van der Waals surface area contributed by atoms with Gasteiger partial charge in [0.2, 0.25) is 6.10 Å². The second-order valence-electron chi connectivity index (χ2n) is 3.80. The van der Waals surface area contributed by atoms with Crippen molar-refractivity contribution in [2.24, 2.45) is 0 Å². The van der Waals surface area contributed by atoms with Crippen LogP contribution >= 0.6 is 0 Å². The molecule has 0 aliphatic carbocycles. The van der Waals surface area contributed by atoms with Gasteiger partial charge in [-0.05, 0) is 24.6 Å². The number of nitrogens with zero attached hydrogens (tertiary/aromatic N) is 1. The zero-order valence-corrected chi connectivity index (χ0v) is 8.73. The highest BCUT2D eigenvalue weighted by molar-refractivity contribution is 5.76. The molecule has 1 aromatic carbocycles. The number of hydrogen-bond donors (Lipinski definition) is 1. The van der Waals surface area contributed by atoms with E-state index in [-0.39, 0.29) is 0 Å². The van der Waals surface area contributed by atoms with E-state index in [0.29, 0.717) is 12.3 Å². The normalized spacial score (nSPS) is 19.3. The predicted molar refractivity (Wildman–Crippen MR) is 56.5 cm³/mol. The average Bonchev–Trinajstić information content (AvgIpc) is 2.16. The monoisotopic (exact) mass is 207 g/mol. The van der Waals surface area contributed by atoms with Crippen molar-refractivity contribution in [2.75, 3.05) is 18.5 Å². The maximum atomic E-state index is 10.8. The molecule has 4 heteroatoms. The number of hydrogen-bond acceptors (Lipinski definition) is 3. The number of aliphatic carboxylic acids is 1. The Kier molecular flexibility index (Phi) is 2.26. The van der Waals surface area contributed by atoms with Crippen LogP contribution in [0.4, 0.5) is 5.69 Å². The Morgan fingerprint density at radius 3 is 3.00 bits per heavy atom. The first-order valence-corrected chi connectivity index (χ1v) is 4.79. The Bertz CT molecular complexity index is 403. The van der Waals surface area contributed by atoms with E-state index in [2.05, 4.69) is 0 Å². The molecule has 0 aromatic heterocycles. The first-order chi connectivity index (χ1) is 7.08. The molecule has 1 aromatic rings. The van der Waals surface area contributed by atoms with Gasteiger partial charge in [-0.2, -0.15) is 0 Å². The van der Waals surface area contributed by atoms with Gasteiger partial charge in [0.25, 0.3) is 0 Å². The number of anilines is 1. The highest BCUT2D eigenvalue weighted by atomic mass is 16.5. The zero-order valence-electron chi connectivity index (χ0n) is 8.73. The maximum absolute atomic E-state index is 10.8. The summed E-state index contributed by atoms with van der Waals surface area (Å²) in [6, 6.07) is 5.80. The molecule has 1 aliphatic rings. The lowest BCUT2D eigenvalue weighted by Crippen LogP contribution is -2.42. The van der Waals surface area contributed by atoms with Crippen molar-refractivity contribution in [3.05, 3.63) is 23.8 Å². The van der Waals surface area contributed by atoms with Crippen molar-refractivity contribution < 1.29 is 14.6 Å². The van der Waals surface area contributed by atoms with Crippen molar-refractivity contribution in [1.29, 1.82) is 0 Å². The molecule has 2 rings (SSSR count). The molecule has 1 heterocycles. The maximum Gasteiger partial charge on any atom is 0.346 e. The van der Waals surface area contributed by atoms with E-state index in [4.69, 9.17) is 9.84 Å². The number of aryl methyl sites for hydroxylation is 1. The Morgan fingerprint density at radius 2 is 2.33 bits per heavy atom. The molecule has 0 radical (unpaired) electrons. The molecule has 1 atom stereocenters. The van der Waals surface area contributed by atoms with Crippen molar-refractivity contribution in [1.82, 2.24) is 0 Å². The first-order valence-electron chi connectivity index (χ1n) is 4.79. The Morgan fingerprint density at radius 1 is 1.60 bits per heavy atom. The minimum atomic E-state index is -0.922. The smallest absolute Gasteiger partial charge is 0.346 e. The number of ether oxygens (including phenoxy) is 1. The summed E-state index contributed by atoms with van der Waals surface area (Å²) in [5.41, 5.74) is 2.01. The fourth-order valence-electron chi connectivity index (χ4n) is 1.70. The van der Waals surface area contributed by atoms with E-state index < -0.39 is 12.1 Å². The zero-order chi connectivity index (χ0) is 11.0. The number of likely N-dealkylation sites (N-methyl/N-ethyl adjacent to an activating group) is 1. The third-order valence-electron chi connectivity index (χ3n) is 2.51. The van der Waals surface area contributed by atoms with Gasteiger partial charge in [0.1, 0.15) is 5.75 Å². The van der Waals surface area contributed by atoms with Crippen LogP contribution in [-0.4, -0.2) is 30.8 Å². The molecule has 1 N–H and O–H groups in total. The van der Waals surface area contributed by atoms with E-state index in [1.807, 2.05) is 37.1 Å². The quantitative estimate of drug-likeness (QED) is 0.753. The van der Waals surface area contributed by atoms with Gasteiger partial charge in [-0.15, -0.1) is 0 Å². The highest BCUT2D eigenvalue weighted by Crippen LogP contribution is 2.33. The number of carboxylic acid groups (broad SMARTS) is 1. The summed E-state index contributed by atoms with van der Waals surface area (Å²) in [6.07, 6.45) is -0.774. The number of benzene rings is 1. The average molecular weight is 207 g/mol. The molecule has 1 aliphatic heterocycles. The summed E-state index contributed by atoms with van der Waals surface area (Å²) in [6.45, 7) is 2.33. The van der Waals surface area contributed by atoms with Gasteiger partial charge in [-0.25, -0.2) is 4.79 Å². The first kappa shape index (κ1) is 9.83. The molecule has 80 valence electrons. The third-order valence-corrected chi connectivity index (χ3v) is 2.51. The largest absolute Gasteiger partial charge is 0.478 e. The van der Waals surface area contributed by atoms with E-state index >= 15 is 0 Å². The summed E-state index contributed by atoms with van der Waals surface area (Å²) in [7, 11) is 1.87. The summed E-state index contributed by atoms with van der Waals surface area (Å²) >= 11 is 0. The van der Waals surface area contributed by atoms with Crippen molar-refractivity contribution >= 4 is 11.7 Å². The summed E-state index contributed by atoms with van der Waals surface area (Å²) in [5.74, 6) is -0.273. The Labute approximate surface area is 88.1 Å². The van der Waals surface area contributed by atoms with Crippen molar-refractivity contribution in [3.63, 3.8) is 0 Å². The molecule has 0 saturated carbocycles. The molecule has 0 spiro atoms. The second kappa shape index (κ2) is 3.46. The molecule has 4 nitrogen and oxygen atoms in total. The topological polar surface area (TPSA) is 49.8 Å². The van der Waals surface area contributed by atoms with Crippen LogP contribution in [0, 0.1) is 6.92 Å². The van der Waals surface area contributed by atoms with Crippen LogP contribution in [0.25, 0.3) is 0 Å². The van der Waals surface area contributed by atoms with Gasteiger partial charge in [-0.3, -0.25) is 0 Å². The van der Waals surface area contributed by atoms with Gasteiger partial charge in [0, 0.05) is 7.05 Å². The lowest BCUT2D eigenvalue weighted by molar-refractivity contribution is -0.144. The standard InChI is InChI=1S/C11H13NO3/c1-7-3-4-8-9(5-7)15-10(11(13)14)6-12(8)2/h3-5,10H,6H2,1-2H3,(H,13,14). The lowest BCUT2D eigenvalue weighted by Gasteiger charge is -2.31. The number of carboxylic acids is 1. The van der Waals surface area contributed by atoms with E-state index in [1.165, 1.54) is 0 Å².